The van der Waals surface area contributed by atoms with Crippen LogP contribution in [0.2, 0.25) is 0 Å². The van der Waals surface area contributed by atoms with Crippen molar-refractivity contribution in [1.82, 2.24) is 10.3 Å². The molecule has 1 aromatic rings. The van der Waals surface area contributed by atoms with Crippen molar-refractivity contribution in [3.8, 4) is 0 Å². The highest BCUT2D eigenvalue weighted by atomic mass is 32.2. The molecule has 1 aromatic heterocycles. The first-order chi connectivity index (χ1) is 5.83. The number of nitrogens with zero attached hydrogens (tertiary/aromatic N) is 1. The van der Waals surface area contributed by atoms with Crippen molar-refractivity contribution in [3.05, 3.63) is 11.6 Å². The third kappa shape index (κ3) is 3.56. The zero-order valence-electron chi connectivity index (χ0n) is 7.41. The first kappa shape index (κ1) is 10.0. The van der Waals surface area contributed by atoms with Gasteiger partial charge in [-0.15, -0.1) is 11.3 Å². The van der Waals surface area contributed by atoms with Crippen molar-refractivity contribution < 1.29 is 0 Å². The Morgan fingerprint density at radius 3 is 3.17 bits per heavy atom. The van der Waals surface area contributed by atoms with Crippen LogP contribution in [-0.2, 0) is 0 Å². The fraction of sp³-hybridized carbons (Fsp3) is 0.625. The van der Waals surface area contributed by atoms with Gasteiger partial charge in [-0.25, -0.2) is 4.98 Å². The molecule has 0 radical (unpaired) electrons. The van der Waals surface area contributed by atoms with E-state index in [1.54, 1.807) is 11.3 Å². The standard InChI is InChI=1S/C8H14N2S2/c1-7(5-9-2)6-12-8-10-3-4-11-8/h3-4,7,9H,5-6H2,1-2H3. The second-order valence-corrected chi connectivity index (χ2v) is 4.93. The molecule has 0 fully saturated rings. The molecule has 0 aliphatic heterocycles. The average molecular weight is 202 g/mol. The van der Waals surface area contributed by atoms with Crippen LogP contribution in [0, 0.1) is 5.92 Å². The van der Waals surface area contributed by atoms with Gasteiger partial charge in [0.15, 0.2) is 0 Å². The van der Waals surface area contributed by atoms with Crippen molar-refractivity contribution in [2.45, 2.75) is 11.3 Å². The summed E-state index contributed by atoms with van der Waals surface area (Å²) < 4.78 is 1.18. The lowest BCUT2D eigenvalue weighted by molar-refractivity contribution is 0.603. The number of hydrogen-bond donors (Lipinski definition) is 1. The molecule has 1 N–H and O–H groups in total. The molecule has 4 heteroatoms. The maximum Gasteiger partial charge on any atom is 0.149 e. The highest BCUT2D eigenvalue weighted by molar-refractivity contribution is 8.01. The van der Waals surface area contributed by atoms with Crippen LogP contribution in [-0.4, -0.2) is 24.3 Å². The topological polar surface area (TPSA) is 24.9 Å². The molecule has 0 amide bonds. The zero-order chi connectivity index (χ0) is 8.81. The predicted octanol–water partition coefficient (Wildman–Crippen LogP) is 2.09. The highest BCUT2D eigenvalue weighted by Gasteiger charge is 2.02. The molecular weight excluding hydrogens is 188 g/mol. The quantitative estimate of drug-likeness (QED) is 0.740. The summed E-state index contributed by atoms with van der Waals surface area (Å²) in [4.78, 5) is 4.21. The van der Waals surface area contributed by atoms with Gasteiger partial charge in [0.05, 0.1) is 0 Å². The van der Waals surface area contributed by atoms with Gasteiger partial charge in [0.2, 0.25) is 0 Å². The van der Waals surface area contributed by atoms with E-state index >= 15 is 0 Å². The van der Waals surface area contributed by atoms with Crippen LogP contribution in [0.3, 0.4) is 0 Å². The number of hydrogen-bond acceptors (Lipinski definition) is 4. The molecule has 0 aromatic carbocycles. The lowest BCUT2D eigenvalue weighted by Crippen LogP contribution is -2.17. The van der Waals surface area contributed by atoms with Crippen LogP contribution in [0.25, 0.3) is 0 Å². The second kappa shape index (κ2) is 5.56. The van der Waals surface area contributed by atoms with Crippen LogP contribution in [0.4, 0.5) is 0 Å². The molecular formula is C8H14N2S2. The molecule has 0 bridgehead atoms. The Hall–Kier alpha value is -0.0600. The van der Waals surface area contributed by atoms with E-state index < -0.39 is 0 Å². The van der Waals surface area contributed by atoms with E-state index in [0.717, 1.165) is 12.3 Å². The molecule has 0 saturated heterocycles. The minimum Gasteiger partial charge on any atom is -0.319 e. The molecule has 1 atom stereocenters. The number of nitrogens with one attached hydrogen (secondary N) is 1. The van der Waals surface area contributed by atoms with Crippen molar-refractivity contribution >= 4 is 23.1 Å². The molecule has 2 nitrogen and oxygen atoms in total. The Labute approximate surface area is 81.8 Å². The third-order valence-corrected chi connectivity index (χ3v) is 3.75. The Balaban J connectivity index is 2.17. The van der Waals surface area contributed by atoms with Crippen molar-refractivity contribution in [1.29, 1.82) is 0 Å². The number of thiazole rings is 1. The van der Waals surface area contributed by atoms with E-state index in [0.29, 0.717) is 5.92 Å². The Bertz CT molecular complexity index is 199. The van der Waals surface area contributed by atoms with E-state index in [1.807, 2.05) is 30.4 Å². The van der Waals surface area contributed by atoms with Gasteiger partial charge in [0.1, 0.15) is 4.34 Å². The van der Waals surface area contributed by atoms with E-state index in [1.165, 1.54) is 4.34 Å². The first-order valence-electron chi connectivity index (χ1n) is 4.00. The van der Waals surface area contributed by atoms with Gasteiger partial charge >= 0.3 is 0 Å². The van der Waals surface area contributed by atoms with Gasteiger partial charge < -0.3 is 5.32 Å². The number of aromatic nitrogens is 1. The van der Waals surface area contributed by atoms with Gasteiger partial charge in [-0.2, -0.15) is 0 Å². The predicted molar refractivity (Wildman–Crippen MR) is 55.9 cm³/mol. The summed E-state index contributed by atoms with van der Waals surface area (Å²) in [5.74, 6) is 1.86. The SMILES string of the molecule is CNCC(C)CSc1nccs1. The summed E-state index contributed by atoms with van der Waals surface area (Å²) in [7, 11) is 1.99. The van der Waals surface area contributed by atoms with Gasteiger partial charge in [0.25, 0.3) is 0 Å². The van der Waals surface area contributed by atoms with Crippen LogP contribution >= 0.6 is 23.1 Å². The summed E-state index contributed by atoms with van der Waals surface area (Å²) in [6, 6.07) is 0. The third-order valence-electron chi connectivity index (χ3n) is 1.45. The summed E-state index contributed by atoms with van der Waals surface area (Å²) in [6.07, 6.45) is 1.86. The molecule has 12 heavy (non-hydrogen) atoms. The fourth-order valence-electron chi connectivity index (χ4n) is 0.903. The second-order valence-electron chi connectivity index (χ2n) is 2.77. The molecule has 1 heterocycles. The van der Waals surface area contributed by atoms with Crippen LogP contribution < -0.4 is 5.32 Å². The fourth-order valence-corrected chi connectivity index (χ4v) is 2.59. The zero-order valence-corrected chi connectivity index (χ0v) is 9.04. The number of rotatable bonds is 5. The minimum atomic E-state index is 0.712. The smallest absolute Gasteiger partial charge is 0.149 e. The largest absolute Gasteiger partial charge is 0.319 e. The molecule has 0 spiro atoms. The number of thioether (sulfide) groups is 1. The minimum absolute atomic E-state index is 0.712. The van der Waals surface area contributed by atoms with Gasteiger partial charge in [0, 0.05) is 17.3 Å². The first-order valence-corrected chi connectivity index (χ1v) is 5.86. The summed E-state index contributed by atoms with van der Waals surface area (Å²) >= 11 is 3.56. The maximum atomic E-state index is 4.21. The Morgan fingerprint density at radius 1 is 1.75 bits per heavy atom. The molecule has 0 aliphatic carbocycles. The van der Waals surface area contributed by atoms with Crippen molar-refractivity contribution in [2.24, 2.45) is 5.92 Å². The molecule has 0 saturated carbocycles. The summed E-state index contributed by atoms with van der Waals surface area (Å²) in [5.41, 5.74) is 0. The Kier molecular flexibility index (Phi) is 4.65. The average Bonchev–Trinajstić information content (AvgIpc) is 2.53. The Morgan fingerprint density at radius 2 is 2.58 bits per heavy atom. The van der Waals surface area contributed by atoms with E-state index in [9.17, 15) is 0 Å². The highest BCUT2D eigenvalue weighted by Crippen LogP contribution is 2.22. The maximum absolute atomic E-state index is 4.21. The summed E-state index contributed by atoms with van der Waals surface area (Å²) in [6.45, 7) is 3.33. The van der Waals surface area contributed by atoms with Crippen LogP contribution in [0.5, 0.6) is 0 Å². The van der Waals surface area contributed by atoms with E-state index in [2.05, 4.69) is 17.2 Å². The normalized spacial score (nSPS) is 13.2. The van der Waals surface area contributed by atoms with Crippen molar-refractivity contribution in [3.63, 3.8) is 0 Å². The van der Waals surface area contributed by atoms with Crippen LogP contribution in [0.1, 0.15) is 6.92 Å². The molecule has 68 valence electrons. The van der Waals surface area contributed by atoms with Gasteiger partial charge in [-0.3, -0.25) is 0 Å². The van der Waals surface area contributed by atoms with Crippen LogP contribution in [0.15, 0.2) is 15.9 Å². The van der Waals surface area contributed by atoms with E-state index in [-0.39, 0.29) is 0 Å². The van der Waals surface area contributed by atoms with Gasteiger partial charge in [-0.05, 0) is 19.5 Å². The monoisotopic (exact) mass is 202 g/mol. The van der Waals surface area contributed by atoms with Gasteiger partial charge in [-0.1, -0.05) is 18.7 Å². The van der Waals surface area contributed by atoms with E-state index in [4.69, 9.17) is 0 Å². The lowest BCUT2D eigenvalue weighted by Gasteiger charge is -2.07. The van der Waals surface area contributed by atoms with Crippen molar-refractivity contribution in [2.75, 3.05) is 19.3 Å². The molecule has 1 rings (SSSR count). The molecule has 1 unspecified atom stereocenters. The summed E-state index contributed by atoms with van der Waals surface area (Å²) in [5, 5.41) is 5.19. The lowest BCUT2D eigenvalue weighted by atomic mass is 10.2. The molecule has 0 aliphatic rings.